The summed E-state index contributed by atoms with van der Waals surface area (Å²) in [4.78, 5) is 0. The smallest absolute Gasteiger partial charge is 0.512 e. The molecule has 0 bridgehead atoms. The lowest BCUT2D eigenvalue weighted by Gasteiger charge is -2.31. The SMILES string of the molecule is C[N+](C)(C)CC([O-])CC#N.O=S(=O)(NS(=O)(=O)C(F)(F)F)C(F)(F)F. The van der Waals surface area contributed by atoms with Gasteiger partial charge in [0.1, 0.15) is 0 Å². The highest BCUT2D eigenvalue weighted by Gasteiger charge is 2.55. The van der Waals surface area contributed by atoms with Gasteiger partial charge in [0.25, 0.3) is 0 Å². The number of hydrogen-bond donors (Lipinski definition) is 1. The molecule has 0 fully saturated rings. The Hall–Kier alpha value is -1.15. The summed E-state index contributed by atoms with van der Waals surface area (Å²) >= 11 is 0. The third-order valence-corrected chi connectivity index (χ3v) is 4.87. The fourth-order valence-corrected chi connectivity index (χ4v) is 2.93. The van der Waals surface area contributed by atoms with E-state index in [1.165, 1.54) is 0 Å². The number of nitrogens with zero attached hydrogens (tertiary/aromatic N) is 2. The van der Waals surface area contributed by atoms with Crippen molar-refractivity contribution in [3.8, 4) is 6.07 Å². The molecule has 25 heavy (non-hydrogen) atoms. The highest BCUT2D eigenvalue weighted by atomic mass is 32.3. The van der Waals surface area contributed by atoms with Crippen LogP contribution in [-0.2, 0) is 20.0 Å². The zero-order valence-corrected chi connectivity index (χ0v) is 14.6. The summed E-state index contributed by atoms with van der Waals surface area (Å²) < 4.78 is 109. The Morgan fingerprint density at radius 1 is 1.00 bits per heavy atom. The van der Waals surface area contributed by atoms with E-state index in [1.54, 1.807) is 0 Å². The summed E-state index contributed by atoms with van der Waals surface area (Å²) in [6.45, 7) is 0.521. The molecule has 0 aromatic rings. The Labute approximate surface area is 140 Å². The van der Waals surface area contributed by atoms with Crippen LogP contribution in [0.5, 0.6) is 0 Å². The maximum Gasteiger partial charge on any atom is 0.512 e. The van der Waals surface area contributed by atoms with Gasteiger partial charge in [-0.15, -0.1) is 0 Å². The first-order valence-electron chi connectivity index (χ1n) is 5.90. The van der Waals surface area contributed by atoms with Crippen LogP contribution in [0.3, 0.4) is 0 Å². The number of halogens is 6. The molecule has 0 saturated carbocycles. The van der Waals surface area contributed by atoms with E-state index in [-0.39, 0.29) is 6.42 Å². The van der Waals surface area contributed by atoms with E-state index in [0.717, 1.165) is 0 Å². The monoisotopic (exact) mass is 423 g/mol. The largest absolute Gasteiger partial charge is 0.847 e. The molecule has 0 aromatic heterocycles. The molecule has 1 N–H and O–H groups in total. The molecular weight excluding hydrogens is 408 g/mol. The van der Waals surface area contributed by atoms with E-state index < -0.39 is 41.3 Å². The number of quaternary nitrogens is 1. The second-order valence-electron chi connectivity index (χ2n) is 5.44. The molecule has 16 heteroatoms. The Bertz CT molecular complexity index is 630. The van der Waals surface area contributed by atoms with Gasteiger partial charge in [-0.1, -0.05) is 10.2 Å². The Morgan fingerprint density at radius 3 is 1.52 bits per heavy atom. The van der Waals surface area contributed by atoms with Crippen molar-refractivity contribution in [3.63, 3.8) is 0 Å². The Morgan fingerprint density at radius 2 is 1.32 bits per heavy atom. The molecule has 0 radical (unpaired) electrons. The minimum atomic E-state index is -6.60. The summed E-state index contributed by atoms with van der Waals surface area (Å²) in [5.74, 6) is 0. The van der Waals surface area contributed by atoms with Gasteiger partial charge in [-0.3, -0.25) is 0 Å². The maximum absolute atomic E-state index is 11.5. The molecular formula is C9H15F6N3O5S2. The maximum atomic E-state index is 11.5. The van der Waals surface area contributed by atoms with Gasteiger partial charge in [0.05, 0.1) is 33.8 Å². The molecule has 0 spiro atoms. The second kappa shape index (κ2) is 8.49. The third-order valence-electron chi connectivity index (χ3n) is 1.90. The number of sulfonamides is 2. The van der Waals surface area contributed by atoms with E-state index in [1.807, 2.05) is 27.2 Å². The average Bonchev–Trinajstić information content (AvgIpc) is 2.22. The molecule has 0 aliphatic heterocycles. The van der Waals surface area contributed by atoms with Crippen molar-refractivity contribution in [1.29, 1.82) is 5.26 Å². The number of alkyl halides is 6. The molecule has 0 rings (SSSR count). The zero-order chi connectivity index (χ0) is 20.9. The first kappa shape index (κ1) is 26.1. The quantitative estimate of drug-likeness (QED) is 0.474. The van der Waals surface area contributed by atoms with E-state index in [4.69, 9.17) is 5.26 Å². The normalized spacial score (nSPS) is 14.9. The Balaban J connectivity index is 0. The number of nitrogens with one attached hydrogen (secondary N) is 1. The van der Waals surface area contributed by atoms with E-state index >= 15 is 0 Å². The highest BCUT2D eigenvalue weighted by Crippen LogP contribution is 2.27. The Kier molecular flexibility index (Phi) is 8.86. The van der Waals surface area contributed by atoms with Crippen LogP contribution in [0.1, 0.15) is 6.42 Å². The molecule has 0 heterocycles. The summed E-state index contributed by atoms with van der Waals surface area (Å²) in [6.07, 6.45) is -0.611. The number of likely N-dealkylation sites (N-methyl/N-ethyl adjacent to an activating group) is 1. The summed E-state index contributed by atoms with van der Waals surface area (Å²) in [6, 6.07) is 1.87. The molecule has 0 amide bonds. The fraction of sp³-hybridized carbons (Fsp3) is 0.889. The average molecular weight is 423 g/mol. The van der Waals surface area contributed by atoms with Crippen molar-refractivity contribution in [2.45, 2.75) is 23.5 Å². The van der Waals surface area contributed by atoms with Crippen molar-refractivity contribution in [1.82, 2.24) is 4.13 Å². The lowest BCUT2D eigenvalue weighted by Crippen LogP contribution is -2.46. The fourth-order valence-electron chi connectivity index (χ4n) is 1.02. The van der Waals surface area contributed by atoms with Crippen LogP contribution in [0.15, 0.2) is 0 Å². The van der Waals surface area contributed by atoms with Crippen molar-refractivity contribution in [3.05, 3.63) is 0 Å². The molecule has 0 aliphatic carbocycles. The van der Waals surface area contributed by atoms with Gasteiger partial charge in [0.15, 0.2) is 0 Å². The topological polar surface area (TPSA) is 127 Å². The van der Waals surface area contributed by atoms with Crippen LogP contribution in [0, 0.1) is 11.3 Å². The van der Waals surface area contributed by atoms with Gasteiger partial charge in [-0.2, -0.15) is 31.6 Å². The zero-order valence-electron chi connectivity index (χ0n) is 13.0. The van der Waals surface area contributed by atoms with Gasteiger partial charge in [-0.05, 0) is 0 Å². The van der Waals surface area contributed by atoms with Gasteiger partial charge in [0, 0.05) is 6.42 Å². The van der Waals surface area contributed by atoms with Crippen molar-refractivity contribution < 1.29 is 52.8 Å². The molecule has 1 unspecified atom stereocenters. The third kappa shape index (κ3) is 10.4. The molecule has 0 saturated heterocycles. The van der Waals surface area contributed by atoms with Crippen molar-refractivity contribution in [2.24, 2.45) is 0 Å². The molecule has 0 aromatic carbocycles. The molecule has 150 valence electrons. The van der Waals surface area contributed by atoms with Crippen LogP contribution in [0.4, 0.5) is 26.3 Å². The lowest BCUT2D eigenvalue weighted by molar-refractivity contribution is -0.880. The molecule has 0 aliphatic rings. The van der Waals surface area contributed by atoms with Crippen molar-refractivity contribution >= 4 is 20.0 Å². The number of hydrogen-bond acceptors (Lipinski definition) is 6. The first-order chi connectivity index (χ1) is 10.7. The van der Waals surface area contributed by atoms with Crippen LogP contribution >= 0.6 is 0 Å². The number of nitriles is 1. The predicted molar refractivity (Wildman–Crippen MR) is 70.0 cm³/mol. The van der Waals surface area contributed by atoms with Crippen molar-refractivity contribution in [2.75, 3.05) is 27.7 Å². The van der Waals surface area contributed by atoms with Crippen LogP contribution in [-0.4, -0.2) is 66.1 Å². The van der Waals surface area contributed by atoms with Gasteiger partial charge in [0.2, 0.25) is 0 Å². The van der Waals surface area contributed by atoms with Gasteiger partial charge < -0.3 is 9.59 Å². The van der Waals surface area contributed by atoms with E-state index in [2.05, 4.69) is 0 Å². The summed E-state index contributed by atoms with van der Waals surface area (Å²) in [7, 11) is -7.35. The van der Waals surface area contributed by atoms with Crippen LogP contribution < -0.4 is 9.23 Å². The van der Waals surface area contributed by atoms with Gasteiger partial charge >= 0.3 is 31.1 Å². The highest BCUT2D eigenvalue weighted by molar-refractivity contribution is 8.05. The minimum Gasteiger partial charge on any atom is -0.847 e. The second-order valence-corrected chi connectivity index (χ2v) is 9.05. The molecule has 8 nitrogen and oxygen atoms in total. The summed E-state index contributed by atoms with van der Waals surface area (Å²) in [5.41, 5.74) is -12.3. The number of rotatable bonds is 5. The standard InChI is InChI=1S/C7H14N2O.C2HF6NO4S2/c1-9(2,3)6-7(10)4-5-8;3-1(4,5)14(10,11)9-15(12,13)2(6,7)8/h7H,4,6H2,1-3H3;9H. The molecule has 1 atom stereocenters. The lowest BCUT2D eigenvalue weighted by atomic mass is 10.2. The predicted octanol–water partition coefficient (Wildman–Crippen LogP) is -0.390. The van der Waals surface area contributed by atoms with E-state index in [9.17, 15) is 48.3 Å². The minimum absolute atomic E-state index is 0.121. The van der Waals surface area contributed by atoms with Gasteiger partial charge in [-0.25, -0.2) is 16.8 Å². The summed E-state index contributed by atoms with van der Waals surface area (Å²) in [5, 5.41) is 19.1. The first-order valence-corrected chi connectivity index (χ1v) is 8.87. The van der Waals surface area contributed by atoms with E-state index in [0.29, 0.717) is 11.0 Å². The van der Waals surface area contributed by atoms with Crippen LogP contribution in [0.25, 0.3) is 0 Å². The van der Waals surface area contributed by atoms with Crippen LogP contribution in [0.2, 0.25) is 0 Å².